The Morgan fingerprint density at radius 2 is 1.91 bits per heavy atom. The normalized spacial score (nSPS) is 15.2. The summed E-state index contributed by atoms with van der Waals surface area (Å²) in [4.78, 5) is 0.0812. The van der Waals surface area contributed by atoms with Crippen molar-refractivity contribution < 1.29 is 17.9 Å². The fraction of sp³-hybridized carbons (Fsp3) is 0.500. The Labute approximate surface area is 146 Å². The lowest BCUT2D eigenvalue weighted by Gasteiger charge is -2.15. The van der Waals surface area contributed by atoms with Crippen LogP contribution in [0.3, 0.4) is 0 Å². The van der Waals surface area contributed by atoms with Crippen molar-refractivity contribution in [3.05, 3.63) is 28.3 Å². The molecule has 0 saturated heterocycles. The molecule has 1 aliphatic rings. The summed E-state index contributed by atoms with van der Waals surface area (Å²) in [5.41, 5.74) is 1.33. The third-order valence-electron chi connectivity index (χ3n) is 3.85. The van der Waals surface area contributed by atoms with E-state index in [1.807, 2.05) is 0 Å². The van der Waals surface area contributed by atoms with E-state index < -0.39 is 10.0 Å². The van der Waals surface area contributed by atoms with Gasteiger partial charge in [-0.3, -0.25) is 0 Å². The largest absolute Gasteiger partial charge is 0.496 e. The summed E-state index contributed by atoms with van der Waals surface area (Å²) in [7, 11) is -0.720. The molecule has 1 aromatic rings. The average molecular weight is 404 g/mol. The van der Waals surface area contributed by atoms with Crippen molar-refractivity contribution in [2.45, 2.75) is 37.0 Å². The second-order valence-electron chi connectivity index (χ2n) is 5.39. The van der Waals surface area contributed by atoms with Gasteiger partial charge in [0, 0.05) is 12.6 Å². The fourth-order valence-corrected chi connectivity index (χ4v) is 4.28. The predicted octanol–water partition coefficient (Wildman–Crippen LogP) is 3.64. The molecule has 0 saturated carbocycles. The summed E-state index contributed by atoms with van der Waals surface area (Å²) >= 11 is 3.33. The van der Waals surface area contributed by atoms with E-state index in [4.69, 9.17) is 9.47 Å². The van der Waals surface area contributed by atoms with Gasteiger partial charge in [0.25, 0.3) is 0 Å². The number of rotatable bonds is 7. The maximum atomic E-state index is 12.6. The van der Waals surface area contributed by atoms with Gasteiger partial charge in [-0.15, -0.1) is 0 Å². The van der Waals surface area contributed by atoms with Crippen LogP contribution in [-0.4, -0.2) is 29.2 Å². The SMILES string of the molecule is COc1cc(S(=O)(=O)NCCC2=CCCCC2)c(OC)cc1Br. The van der Waals surface area contributed by atoms with E-state index in [1.165, 1.54) is 38.7 Å². The van der Waals surface area contributed by atoms with Crippen molar-refractivity contribution in [3.63, 3.8) is 0 Å². The molecule has 0 fully saturated rings. The molecule has 0 aliphatic heterocycles. The van der Waals surface area contributed by atoms with Crippen LogP contribution in [-0.2, 0) is 10.0 Å². The third-order valence-corrected chi connectivity index (χ3v) is 5.95. The van der Waals surface area contributed by atoms with Gasteiger partial charge in [0.1, 0.15) is 16.4 Å². The molecule has 0 spiro atoms. The Morgan fingerprint density at radius 3 is 2.52 bits per heavy atom. The summed E-state index contributed by atoms with van der Waals surface area (Å²) in [6, 6.07) is 3.06. The maximum Gasteiger partial charge on any atom is 0.244 e. The first kappa shape index (κ1) is 18.3. The van der Waals surface area contributed by atoms with E-state index in [9.17, 15) is 8.42 Å². The molecule has 1 aromatic carbocycles. The van der Waals surface area contributed by atoms with Crippen LogP contribution in [0.15, 0.2) is 33.2 Å². The van der Waals surface area contributed by atoms with Gasteiger partial charge in [-0.05, 0) is 54.1 Å². The fourth-order valence-electron chi connectivity index (χ4n) is 2.60. The third kappa shape index (κ3) is 4.71. The van der Waals surface area contributed by atoms with Crippen molar-refractivity contribution in [2.75, 3.05) is 20.8 Å². The molecule has 0 radical (unpaired) electrons. The zero-order chi connectivity index (χ0) is 16.9. The van der Waals surface area contributed by atoms with Gasteiger partial charge in [0.15, 0.2) is 0 Å². The number of hydrogen-bond acceptors (Lipinski definition) is 4. The maximum absolute atomic E-state index is 12.6. The first-order chi connectivity index (χ1) is 11.0. The Morgan fingerprint density at radius 1 is 1.17 bits per heavy atom. The van der Waals surface area contributed by atoms with Gasteiger partial charge in [-0.1, -0.05) is 11.6 Å². The average Bonchev–Trinajstić information content (AvgIpc) is 2.55. The van der Waals surface area contributed by atoms with Crippen LogP contribution in [0.25, 0.3) is 0 Å². The number of benzene rings is 1. The molecule has 0 bridgehead atoms. The minimum atomic E-state index is -3.66. The molecule has 0 aromatic heterocycles. The molecule has 7 heteroatoms. The molecule has 1 aliphatic carbocycles. The van der Waals surface area contributed by atoms with Crippen molar-refractivity contribution in [1.29, 1.82) is 0 Å². The lowest BCUT2D eigenvalue weighted by molar-refractivity contribution is 0.390. The molecule has 5 nitrogen and oxygen atoms in total. The van der Waals surface area contributed by atoms with Gasteiger partial charge >= 0.3 is 0 Å². The zero-order valence-corrected chi connectivity index (χ0v) is 15.8. The van der Waals surface area contributed by atoms with Crippen LogP contribution in [0.5, 0.6) is 11.5 Å². The van der Waals surface area contributed by atoms with Gasteiger partial charge in [0.2, 0.25) is 10.0 Å². The lowest BCUT2D eigenvalue weighted by Crippen LogP contribution is -2.25. The lowest BCUT2D eigenvalue weighted by atomic mass is 9.97. The number of sulfonamides is 1. The summed E-state index contributed by atoms with van der Waals surface area (Å²) in [6.07, 6.45) is 7.55. The smallest absolute Gasteiger partial charge is 0.244 e. The van der Waals surface area contributed by atoms with E-state index >= 15 is 0 Å². The van der Waals surface area contributed by atoms with E-state index in [2.05, 4.69) is 26.7 Å². The van der Waals surface area contributed by atoms with Crippen LogP contribution in [0, 0.1) is 0 Å². The summed E-state index contributed by atoms with van der Waals surface area (Å²) in [6.45, 7) is 0.385. The quantitative estimate of drug-likeness (QED) is 0.705. The zero-order valence-electron chi connectivity index (χ0n) is 13.4. The van der Waals surface area contributed by atoms with E-state index in [0.29, 0.717) is 16.8 Å². The highest BCUT2D eigenvalue weighted by molar-refractivity contribution is 9.10. The molecule has 0 atom stereocenters. The van der Waals surface area contributed by atoms with E-state index in [1.54, 1.807) is 6.07 Å². The highest BCUT2D eigenvalue weighted by atomic mass is 79.9. The number of nitrogens with one attached hydrogen (secondary N) is 1. The molecular formula is C16H22BrNO4S. The van der Waals surface area contributed by atoms with Crippen LogP contribution < -0.4 is 14.2 Å². The molecule has 0 heterocycles. The van der Waals surface area contributed by atoms with Crippen LogP contribution in [0.4, 0.5) is 0 Å². The van der Waals surface area contributed by atoms with Crippen molar-refractivity contribution in [2.24, 2.45) is 0 Å². The van der Waals surface area contributed by atoms with Crippen molar-refractivity contribution in [1.82, 2.24) is 4.72 Å². The first-order valence-corrected chi connectivity index (χ1v) is 9.84. The minimum absolute atomic E-state index is 0.0812. The Hall–Kier alpha value is -1.05. The topological polar surface area (TPSA) is 64.6 Å². The summed E-state index contributed by atoms with van der Waals surface area (Å²) in [5.74, 6) is 0.725. The van der Waals surface area contributed by atoms with E-state index in [0.717, 1.165) is 19.3 Å². The highest BCUT2D eigenvalue weighted by Gasteiger charge is 2.22. The van der Waals surface area contributed by atoms with Crippen LogP contribution in [0.2, 0.25) is 0 Å². The molecule has 0 amide bonds. The van der Waals surface area contributed by atoms with Gasteiger partial charge < -0.3 is 9.47 Å². The highest BCUT2D eigenvalue weighted by Crippen LogP contribution is 2.35. The van der Waals surface area contributed by atoms with Gasteiger partial charge in [-0.25, -0.2) is 13.1 Å². The second kappa shape index (κ2) is 8.17. The number of halogens is 1. The van der Waals surface area contributed by atoms with Crippen LogP contribution >= 0.6 is 15.9 Å². The number of hydrogen-bond donors (Lipinski definition) is 1. The minimum Gasteiger partial charge on any atom is -0.496 e. The molecular weight excluding hydrogens is 382 g/mol. The standard InChI is InChI=1S/C16H22BrNO4S/c1-21-14-11-16(15(22-2)10-13(14)17)23(19,20)18-9-8-12-6-4-3-5-7-12/h6,10-11,18H,3-5,7-9H2,1-2H3. The second-order valence-corrected chi connectivity index (χ2v) is 7.98. The molecule has 2 rings (SSSR count). The monoisotopic (exact) mass is 403 g/mol. The van der Waals surface area contributed by atoms with Crippen LogP contribution in [0.1, 0.15) is 32.1 Å². The first-order valence-electron chi connectivity index (χ1n) is 7.57. The van der Waals surface area contributed by atoms with E-state index in [-0.39, 0.29) is 10.6 Å². The summed E-state index contributed by atoms with van der Waals surface area (Å²) in [5, 5.41) is 0. The number of ether oxygens (including phenoxy) is 2. The van der Waals surface area contributed by atoms with Crippen molar-refractivity contribution in [3.8, 4) is 11.5 Å². The molecule has 0 unspecified atom stereocenters. The Bertz CT molecular complexity index is 686. The molecule has 128 valence electrons. The number of methoxy groups -OCH3 is 2. The predicted molar refractivity (Wildman–Crippen MR) is 93.6 cm³/mol. The Kier molecular flexibility index (Phi) is 6.50. The van der Waals surface area contributed by atoms with Gasteiger partial charge in [-0.2, -0.15) is 0 Å². The van der Waals surface area contributed by atoms with Crippen molar-refractivity contribution >= 4 is 26.0 Å². The molecule has 23 heavy (non-hydrogen) atoms. The summed E-state index contributed by atoms with van der Waals surface area (Å²) < 4.78 is 38.8. The number of allylic oxidation sites excluding steroid dienone is 1. The van der Waals surface area contributed by atoms with Gasteiger partial charge in [0.05, 0.1) is 18.7 Å². The molecule has 1 N–H and O–H groups in total. The Balaban J connectivity index is 2.13.